The molecule has 0 bridgehead atoms. The molecule has 0 N–H and O–H groups in total. The number of esters is 1. The van der Waals surface area contributed by atoms with E-state index in [4.69, 9.17) is 9.47 Å². The molecule has 4 rings (SSSR count). The van der Waals surface area contributed by atoms with E-state index in [1.54, 1.807) is 24.3 Å². The molecule has 0 radical (unpaired) electrons. The maximum absolute atomic E-state index is 14.1. The highest BCUT2D eigenvalue weighted by Gasteiger charge is 2.63. The largest absolute Gasteiger partial charge is 0.573 e. The number of para-hydroxylation sites is 1. The number of carbonyl (C=O) groups is 1. The van der Waals surface area contributed by atoms with Gasteiger partial charge in [0.2, 0.25) is 0 Å². The summed E-state index contributed by atoms with van der Waals surface area (Å²) in [6, 6.07) is 18.5. The maximum atomic E-state index is 14.1. The van der Waals surface area contributed by atoms with Crippen molar-refractivity contribution in [3.05, 3.63) is 89.7 Å². The SMILES string of the molecule is CC1(C)C(C(=O)OCc2ccc(F)c(Oc3ccccc3)c2)C1c1ccc(OC(F)(F)F)cc1. The van der Waals surface area contributed by atoms with Gasteiger partial charge in [-0.1, -0.05) is 50.2 Å². The van der Waals surface area contributed by atoms with Crippen LogP contribution in [0.15, 0.2) is 72.8 Å². The van der Waals surface area contributed by atoms with Gasteiger partial charge in [0.05, 0.1) is 5.92 Å². The van der Waals surface area contributed by atoms with Crippen LogP contribution in [0.4, 0.5) is 17.6 Å². The van der Waals surface area contributed by atoms with Gasteiger partial charge in [0, 0.05) is 5.92 Å². The van der Waals surface area contributed by atoms with Crippen LogP contribution < -0.4 is 9.47 Å². The molecule has 1 aliphatic rings. The Morgan fingerprint density at radius 1 is 0.941 bits per heavy atom. The summed E-state index contributed by atoms with van der Waals surface area (Å²) in [4.78, 5) is 12.8. The topological polar surface area (TPSA) is 44.8 Å². The molecule has 2 unspecified atom stereocenters. The second-order valence-corrected chi connectivity index (χ2v) is 8.68. The molecular weight excluding hydrogens is 452 g/mol. The van der Waals surface area contributed by atoms with Crippen molar-refractivity contribution in [2.75, 3.05) is 0 Å². The second kappa shape index (κ2) is 9.00. The highest BCUT2D eigenvalue weighted by atomic mass is 19.4. The van der Waals surface area contributed by atoms with Gasteiger partial charge < -0.3 is 14.2 Å². The smallest absolute Gasteiger partial charge is 0.461 e. The van der Waals surface area contributed by atoms with Crippen molar-refractivity contribution >= 4 is 5.97 Å². The van der Waals surface area contributed by atoms with E-state index in [1.807, 2.05) is 19.9 Å². The van der Waals surface area contributed by atoms with Gasteiger partial charge in [-0.25, -0.2) is 4.39 Å². The summed E-state index contributed by atoms with van der Waals surface area (Å²) in [5.41, 5.74) is 0.861. The molecule has 0 amide bonds. The molecule has 4 nitrogen and oxygen atoms in total. The molecule has 3 aromatic carbocycles. The molecule has 1 fully saturated rings. The molecule has 1 saturated carbocycles. The number of hydrogen-bond acceptors (Lipinski definition) is 4. The first-order valence-electron chi connectivity index (χ1n) is 10.6. The van der Waals surface area contributed by atoms with E-state index in [0.29, 0.717) is 11.3 Å². The first-order chi connectivity index (χ1) is 16.0. The fraction of sp³-hybridized carbons (Fsp3) is 0.269. The Morgan fingerprint density at radius 2 is 1.62 bits per heavy atom. The van der Waals surface area contributed by atoms with Gasteiger partial charge in [-0.15, -0.1) is 13.2 Å². The number of hydrogen-bond donors (Lipinski definition) is 0. The molecule has 0 spiro atoms. The number of alkyl halides is 3. The van der Waals surface area contributed by atoms with E-state index in [1.165, 1.54) is 42.5 Å². The molecule has 8 heteroatoms. The van der Waals surface area contributed by atoms with Gasteiger partial charge >= 0.3 is 12.3 Å². The standard InChI is InChI=1S/C26H22F4O4/c1-25(2)22(17-9-11-19(12-10-17)34-26(28,29)30)23(25)24(31)32-15-16-8-13-20(27)21(14-16)33-18-6-4-3-5-7-18/h3-14,22-23H,15H2,1-2H3. The summed E-state index contributed by atoms with van der Waals surface area (Å²) in [6.07, 6.45) is -4.76. The molecule has 0 aromatic heterocycles. The maximum Gasteiger partial charge on any atom is 0.573 e. The monoisotopic (exact) mass is 474 g/mol. The number of rotatable bonds is 7. The average molecular weight is 474 g/mol. The molecule has 0 aliphatic heterocycles. The van der Waals surface area contributed by atoms with Crippen LogP contribution in [-0.4, -0.2) is 12.3 Å². The van der Waals surface area contributed by atoms with E-state index < -0.39 is 29.5 Å². The van der Waals surface area contributed by atoms with Crippen molar-refractivity contribution in [1.29, 1.82) is 0 Å². The molecule has 0 saturated heterocycles. The van der Waals surface area contributed by atoms with Crippen LogP contribution in [-0.2, 0) is 16.1 Å². The third-order valence-corrected chi connectivity index (χ3v) is 5.90. The Labute approximate surface area is 194 Å². The van der Waals surface area contributed by atoms with Crippen LogP contribution in [0.2, 0.25) is 0 Å². The van der Waals surface area contributed by atoms with Crippen LogP contribution in [0.25, 0.3) is 0 Å². The summed E-state index contributed by atoms with van der Waals surface area (Å²) in [6.45, 7) is 3.72. The minimum Gasteiger partial charge on any atom is -0.461 e. The number of ether oxygens (including phenoxy) is 3. The molecule has 3 aromatic rings. The highest BCUT2D eigenvalue weighted by molar-refractivity contribution is 5.79. The van der Waals surface area contributed by atoms with E-state index in [-0.39, 0.29) is 24.0 Å². The van der Waals surface area contributed by atoms with Gasteiger partial charge in [0.1, 0.15) is 18.1 Å². The molecule has 34 heavy (non-hydrogen) atoms. The summed E-state index contributed by atoms with van der Waals surface area (Å²) < 4.78 is 66.2. The zero-order valence-corrected chi connectivity index (χ0v) is 18.4. The lowest BCUT2D eigenvalue weighted by molar-refractivity contribution is -0.274. The van der Waals surface area contributed by atoms with Crippen LogP contribution in [0.1, 0.15) is 30.9 Å². The first kappa shape index (κ1) is 23.6. The highest BCUT2D eigenvalue weighted by Crippen LogP contribution is 2.65. The summed E-state index contributed by atoms with van der Waals surface area (Å²) >= 11 is 0. The Morgan fingerprint density at radius 3 is 2.26 bits per heavy atom. The second-order valence-electron chi connectivity index (χ2n) is 8.68. The van der Waals surface area contributed by atoms with Crippen LogP contribution in [0.3, 0.4) is 0 Å². The van der Waals surface area contributed by atoms with Gasteiger partial charge in [-0.3, -0.25) is 4.79 Å². The first-order valence-corrected chi connectivity index (χ1v) is 10.6. The molecule has 178 valence electrons. The van der Waals surface area contributed by atoms with Crippen LogP contribution >= 0.6 is 0 Å². The Kier molecular flexibility index (Phi) is 6.25. The normalized spacial score (nSPS) is 18.8. The van der Waals surface area contributed by atoms with Gasteiger partial charge in [-0.2, -0.15) is 0 Å². The minimum atomic E-state index is -4.76. The Balaban J connectivity index is 1.39. The third kappa shape index (κ3) is 5.32. The average Bonchev–Trinajstić information content (AvgIpc) is 3.36. The zero-order valence-electron chi connectivity index (χ0n) is 18.4. The zero-order chi connectivity index (χ0) is 24.5. The molecule has 0 heterocycles. The Bertz CT molecular complexity index is 1160. The fourth-order valence-electron chi connectivity index (χ4n) is 4.15. The third-order valence-electron chi connectivity index (χ3n) is 5.90. The van der Waals surface area contributed by atoms with Gasteiger partial charge in [0.25, 0.3) is 0 Å². The van der Waals surface area contributed by atoms with Crippen molar-refractivity contribution in [1.82, 2.24) is 0 Å². The van der Waals surface area contributed by atoms with Crippen molar-refractivity contribution in [2.45, 2.75) is 32.7 Å². The molecule has 2 atom stereocenters. The van der Waals surface area contributed by atoms with Crippen LogP contribution in [0, 0.1) is 17.2 Å². The molecule has 1 aliphatic carbocycles. The number of carbonyl (C=O) groups excluding carboxylic acids is 1. The van der Waals surface area contributed by atoms with E-state index >= 15 is 0 Å². The summed E-state index contributed by atoms with van der Waals surface area (Å²) in [5, 5.41) is 0. The summed E-state index contributed by atoms with van der Waals surface area (Å²) in [7, 11) is 0. The fourth-order valence-corrected chi connectivity index (χ4v) is 4.15. The Hall–Kier alpha value is -3.55. The van der Waals surface area contributed by atoms with Crippen molar-refractivity contribution in [2.24, 2.45) is 11.3 Å². The summed E-state index contributed by atoms with van der Waals surface area (Å²) in [5.74, 6) is -1.46. The molecular formula is C26H22F4O4. The van der Waals surface area contributed by atoms with E-state index in [2.05, 4.69) is 4.74 Å². The van der Waals surface area contributed by atoms with Crippen molar-refractivity contribution in [3.8, 4) is 17.2 Å². The van der Waals surface area contributed by atoms with E-state index in [9.17, 15) is 22.4 Å². The van der Waals surface area contributed by atoms with Gasteiger partial charge in [-0.05, 0) is 52.9 Å². The van der Waals surface area contributed by atoms with Gasteiger partial charge in [0.15, 0.2) is 11.6 Å². The predicted molar refractivity (Wildman–Crippen MR) is 116 cm³/mol. The lowest BCUT2D eigenvalue weighted by atomic mass is 10.0. The van der Waals surface area contributed by atoms with Crippen molar-refractivity contribution < 1.29 is 36.6 Å². The number of halogens is 4. The van der Waals surface area contributed by atoms with E-state index in [0.717, 1.165) is 5.56 Å². The quantitative estimate of drug-likeness (QED) is 0.273. The predicted octanol–water partition coefficient (Wildman–Crippen LogP) is 7.00. The van der Waals surface area contributed by atoms with Crippen LogP contribution in [0.5, 0.6) is 17.2 Å². The lowest BCUT2D eigenvalue weighted by Gasteiger charge is -2.10. The lowest BCUT2D eigenvalue weighted by Crippen LogP contribution is -2.17. The number of benzene rings is 3. The minimum absolute atomic E-state index is 0.0190. The van der Waals surface area contributed by atoms with Crippen molar-refractivity contribution in [3.63, 3.8) is 0 Å².